The fourth-order valence-corrected chi connectivity index (χ4v) is 3.76. The second kappa shape index (κ2) is 7.70. The number of carbonyl (C=O) groups excluding carboxylic acids is 2. The Kier molecular flexibility index (Phi) is 5.38. The third kappa shape index (κ3) is 3.63. The maximum atomic E-state index is 12.7. The summed E-state index contributed by atoms with van der Waals surface area (Å²) < 4.78 is 6.11. The van der Waals surface area contributed by atoms with Gasteiger partial charge in [0, 0.05) is 5.38 Å². The fraction of sp³-hybridized carbons (Fsp3) is 0.333. The molecule has 3 aromatic heterocycles. The minimum atomic E-state index is -0.583. The molecular formula is C15H15N5O4S2. The summed E-state index contributed by atoms with van der Waals surface area (Å²) in [5.74, 6) is -1.01. The van der Waals surface area contributed by atoms with Gasteiger partial charge in [0.2, 0.25) is 11.0 Å². The van der Waals surface area contributed by atoms with Crippen molar-refractivity contribution in [2.75, 3.05) is 11.9 Å². The number of ether oxygens (including phenoxy) is 1. The van der Waals surface area contributed by atoms with Crippen molar-refractivity contribution in [3.8, 4) is 0 Å². The maximum absolute atomic E-state index is 12.7. The summed E-state index contributed by atoms with van der Waals surface area (Å²) in [7, 11) is 0. The van der Waals surface area contributed by atoms with E-state index in [2.05, 4.69) is 20.5 Å². The topological polar surface area (TPSA) is 116 Å². The Labute approximate surface area is 155 Å². The molecular weight excluding hydrogens is 378 g/mol. The van der Waals surface area contributed by atoms with Crippen LogP contribution in [0.4, 0.5) is 5.13 Å². The zero-order valence-corrected chi connectivity index (χ0v) is 15.6. The van der Waals surface area contributed by atoms with E-state index in [-0.39, 0.29) is 24.1 Å². The second-order valence-corrected chi connectivity index (χ2v) is 7.05. The number of carbonyl (C=O) groups is 2. The highest BCUT2D eigenvalue weighted by molar-refractivity contribution is 7.17. The largest absolute Gasteiger partial charge is 0.462 e. The van der Waals surface area contributed by atoms with Crippen molar-refractivity contribution in [1.29, 1.82) is 0 Å². The van der Waals surface area contributed by atoms with Crippen LogP contribution in [0.2, 0.25) is 0 Å². The lowest BCUT2D eigenvalue weighted by atomic mass is 10.2. The molecule has 9 nitrogen and oxygen atoms in total. The minimum absolute atomic E-state index is 0.160. The molecule has 0 saturated carbocycles. The lowest BCUT2D eigenvalue weighted by Crippen LogP contribution is -2.28. The fourth-order valence-electron chi connectivity index (χ4n) is 2.20. The molecule has 0 aliphatic carbocycles. The van der Waals surface area contributed by atoms with E-state index in [0.717, 1.165) is 16.0 Å². The predicted molar refractivity (Wildman–Crippen MR) is 97.8 cm³/mol. The number of hydrogen-bond donors (Lipinski definition) is 1. The standard InChI is InChI=1S/C15H15N5O4S2/c1-3-10-18-19-15(26-10)17-9(21)5-20-7-16-12-11(13(20)22)8(6-25-12)14(23)24-4-2/h6-7H,3-5H2,1-2H3,(H,17,19,21). The summed E-state index contributed by atoms with van der Waals surface area (Å²) in [6.07, 6.45) is 2.01. The maximum Gasteiger partial charge on any atom is 0.339 e. The van der Waals surface area contributed by atoms with Crippen LogP contribution in [0.1, 0.15) is 29.2 Å². The molecule has 0 spiro atoms. The van der Waals surface area contributed by atoms with Gasteiger partial charge in [0.15, 0.2) is 0 Å². The van der Waals surface area contributed by atoms with Crippen LogP contribution in [0.5, 0.6) is 0 Å². The molecule has 26 heavy (non-hydrogen) atoms. The monoisotopic (exact) mass is 393 g/mol. The summed E-state index contributed by atoms with van der Waals surface area (Å²) in [5, 5.41) is 13.3. The van der Waals surface area contributed by atoms with Gasteiger partial charge in [0.1, 0.15) is 16.4 Å². The average Bonchev–Trinajstić information content (AvgIpc) is 3.24. The van der Waals surface area contributed by atoms with Crippen molar-refractivity contribution in [3.63, 3.8) is 0 Å². The second-order valence-electron chi connectivity index (χ2n) is 5.13. The van der Waals surface area contributed by atoms with Crippen LogP contribution >= 0.6 is 22.7 Å². The Bertz CT molecular complexity index is 1020. The number of nitrogens with zero attached hydrogens (tertiary/aromatic N) is 4. The zero-order chi connectivity index (χ0) is 18.7. The molecule has 0 aromatic carbocycles. The van der Waals surface area contributed by atoms with E-state index in [1.165, 1.54) is 34.4 Å². The Hall–Kier alpha value is -2.66. The normalized spacial score (nSPS) is 10.8. The molecule has 1 N–H and O–H groups in total. The number of esters is 1. The number of thiophene rings is 1. The van der Waals surface area contributed by atoms with Crippen LogP contribution in [0, 0.1) is 0 Å². The average molecular weight is 393 g/mol. The minimum Gasteiger partial charge on any atom is -0.462 e. The van der Waals surface area contributed by atoms with Crippen LogP contribution in [0.3, 0.4) is 0 Å². The van der Waals surface area contributed by atoms with Crippen molar-refractivity contribution in [3.05, 3.63) is 32.6 Å². The Morgan fingerprint density at radius 2 is 2.12 bits per heavy atom. The van der Waals surface area contributed by atoms with Gasteiger partial charge >= 0.3 is 5.97 Å². The van der Waals surface area contributed by atoms with Gasteiger partial charge in [0.05, 0.1) is 23.9 Å². The highest BCUT2D eigenvalue weighted by atomic mass is 32.1. The lowest BCUT2D eigenvalue weighted by Gasteiger charge is -2.05. The number of fused-ring (bicyclic) bond motifs is 1. The summed E-state index contributed by atoms with van der Waals surface area (Å²) >= 11 is 2.45. The molecule has 136 valence electrons. The van der Waals surface area contributed by atoms with Gasteiger partial charge < -0.3 is 4.74 Å². The third-order valence-electron chi connectivity index (χ3n) is 3.39. The first kappa shape index (κ1) is 18.1. The van der Waals surface area contributed by atoms with E-state index in [0.29, 0.717) is 9.96 Å². The van der Waals surface area contributed by atoms with Crippen LogP contribution in [0.15, 0.2) is 16.5 Å². The van der Waals surface area contributed by atoms with Crippen molar-refractivity contribution in [2.45, 2.75) is 26.8 Å². The van der Waals surface area contributed by atoms with Crippen molar-refractivity contribution >= 4 is 49.9 Å². The van der Waals surface area contributed by atoms with Gasteiger partial charge in [-0.2, -0.15) is 0 Å². The lowest BCUT2D eigenvalue weighted by molar-refractivity contribution is -0.116. The van der Waals surface area contributed by atoms with Crippen molar-refractivity contribution in [1.82, 2.24) is 19.7 Å². The number of anilines is 1. The molecule has 0 atom stereocenters. The van der Waals surface area contributed by atoms with E-state index in [9.17, 15) is 14.4 Å². The summed E-state index contributed by atoms with van der Waals surface area (Å²) in [5.41, 5.74) is -0.309. The van der Waals surface area contributed by atoms with Crippen molar-refractivity contribution < 1.29 is 14.3 Å². The first-order valence-electron chi connectivity index (χ1n) is 7.79. The number of aromatic nitrogens is 4. The zero-order valence-electron chi connectivity index (χ0n) is 14.0. The van der Waals surface area contributed by atoms with Gasteiger partial charge in [0.25, 0.3) is 5.56 Å². The van der Waals surface area contributed by atoms with Crippen LogP contribution in [0.25, 0.3) is 10.2 Å². The number of nitrogens with one attached hydrogen (secondary N) is 1. The SMILES string of the molecule is CCOC(=O)c1csc2ncn(CC(=O)Nc3nnc(CC)s3)c(=O)c12. The van der Waals surface area contributed by atoms with Gasteiger partial charge in [-0.3, -0.25) is 19.5 Å². The number of hydrogen-bond acceptors (Lipinski definition) is 9. The molecule has 0 unspecified atom stereocenters. The molecule has 3 heterocycles. The molecule has 3 aromatic rings. The molecule has 0 bridgehead atoms. The van der Waals surface area contributed by atoms with E-state index in [1.807, 2.05) is 6.92 Å². The quantitative estimate of drug-likeness (QED) is 0.633. The summed E-state index contributed by atoms with van der Waals surface area (Å²) in [6, 6.07) is 0. The highest BCUT2D eigenvalue weighted by Gasteiger charge is 2.19. The first-order chi connectivity index (χ1) is 12.5. The predicted octanol–water partition coefficient (Wildman–Crippen LogP) is 1.69. The van der Waals surface area contributed by atoms with Gasteiger partial charge in [-0.1, -0.05) is 18.3 Å². The van der Waals surface area contributed by atoms with E-state index in [1.54, 1.807) is 6.92 Å². The molecule has 0 fully saturated rings. The molecule has 11 heteroatoms. The molecule has 0 saturated heterocycles. The number of amides is 1. The van der Waals surface area contributed by atoms with E-state index in [4.69, 9.17) is 4.74 Å². The Morgan fingerprint density at radius 3 is 2.81 bits per heavy atom. The number of rotatable bonds is 6. The van der Waals surface area contributed by atoms with Crippen molar-refractivity contribution in [2.24, 2.45) is 0 Å². The summed E-state index contributed by atoms with van der Waals surface area (Å²) in [4.78, 5) is 41.4. The Balaban J connectivity index is 1.84. The Morgan fingerprint density at radius 1 is 1.31 bits per heavy atom. The van der Waals surface area contributed by atoms with Crippen LogP contribution in [-0.2, 0) is 22.5 Å². The van der Waals surface area contributed by atoms with E-state index >= 15 is 0 Å². The first-order valence-corrected chi connectivity index (χ1v) is 9.49. The summed E-state index contributed by atoms with van der Waals surface area (Å²) in [6.45, 7) is 3.58. The van der Waals surface area contributed by atoms with Gasteiger partial charge in [-0.25, -0.2) is 9.78 Å². The van der Waals surface area contributed by atoms with Gasteiger partial charge in [-0.15, -0.1) is 21.5 Å². The third-order valence-corrected chi connectivity index (χ3v) is 5.26. The van der Waals surface area contributed by atoms with Gasteiger partial charge in [-0.05, 0) is 13.3 Å². The molecule has 1 amide bonds. The molecule has 3 rings (SSSR count). The van der Waals surface area contributed by atoms with Crippen LogP contribution in [-0.4, -0.2) is 38.2 Å². The molecule has 0 aliphatic rings. The molecule has 0 aliphatic heterocycles. The molecule has 0 radical (unpaired) electrons. The highest BCUT2D eigenvalue weighted by Crippen LogP contribution is 2.21. The van der Waals surface area contributed by atoms with Crippen LogP contribution < -0.4 is 10.9 Å². The number of aryl methyl sites for hydroxylation is 1. The smallest absolute Gasteiger partial charge is 0.339 e. The van der Waals surface area contributed by atoms with E-state index < -0.39 is 17.4 Å².